The molecule has 0 saturated carbocycles. The molecule has 2 fully saturated rings. The van der Waals surface area contributed by atoms with Crippen molar-refractivity contribution < 1.29 is 38.0 Å². The number of ketones is 1. The number of Topliss-reactive ketones (excluding diaryl/α,β-unsaturated/α-hetero) is 1. The highest BCUT2D eigenvalue weighted by Crippen LogP contribution is 2.42. The molecule has 4 aromatic carbocycles. The van der Waals surface area contributed by atoms with Gasteiger partial charge in [-0.2, -0.15) is 0 Å². The van der Waals surface area contributed by atoms with Gasteiger partial charge in [-0.05, 0) is 71.6 Å². The van der Waals surface area contributed by atoms with Gasteiger partial charge in [-0.1, -0.05) is 48.5 Å². The summed E-state index contributed by atoms with van der Waals surface area (Å²) in [6.45, 7) is 4.58. The Labute approximate surface area is 285 Å². The molecule has 10 heteroatoms. The lowest BCUT2D eigenvalue weighted by atomic mass is 9.95. The molecular weight excluding hydrogens is 627 g/mol. The maximum absolute atomic E-state index is 13.7. The number of hydrogen-bond donors (Lipinski definition) is 1. The largest absolute Gasteiger partial charge is 0.507 e. The van der Waals surface area contributed by atoms with Crippen molar-refractivity contribution >= 4 is 17.4 Å². The minimum absolute atomic E-state index is 0.00337. The standard InChI is InChI=1S/C39H39FN2O7/c1-46-34-24-30(12-17-33(34)49-26-27-6-3-2-4-7-27)36-35(38(44)39(45)42(36)19-5-18-41-20-22-47-23-21-41)37(43)29-10-15-32(16-11-29)48-25-28-8-13-31(40)14-9-28/h2-4,6-17,24,36,43H,5,18-23,25-26H2,1H3/b37-35+. The fourth-order valence-electron chi connectivity index (χ4n) is 6.07. The highest BCUT2D eigenvalue weighted by atomic mass is 19.1. The number of hydrogen-bond acceptors (Lipinski definition) is 8. The van der Waals surface area contributed by atoms with Gasteiger partial charge in [-0.25, -0.2) is 4.39 Å². The third-order valence-electron chi connectivity index (χ3n) is 8.70. The third kappa shape index (κ3) is 8.10. The van der Waals surface area contributed by atoms with E-state index in [4.69, 9.17) is 18.9 Å². The minimum Gasteiger partial charge on any atom is -0.507 e. The number of aliphatic hydroxyl groups excluding tert-OH is 1. The van der Waals surface area contributed by atoms with E-state index in [1.165, 1.54) is 24.1 Å². The van der Waals surface area contributed by atoms with Gasteiger partial charge in [-0.3, -0.25) is 14.5 Å². The first-order valence-electron chi connectivity index (χ1n) is 16.3. The number of rotatable bonds is 13. The smallest absolute Gasteiger partial charge is 0.295 e. The van der Waals surface area contributed by atoms with E-state index >= 15 is 0 Å². The Morgan fingerprint density at radius 2 is 1.53 bits per heavy atom. The summed E-state index contributed by atoms with van der Waals surface area (Å²) in [6, 6.07) is 26.9. The molecule has 2 saturated heterocycles. The van der Waals surface area contributed by atoms with E-state index in [0.29, 0.717) is 61.2 Å². The average molecular weight is 667 g/mol. The Kier molecular flexibility index (Phi) is 10.9. The zero-order valence-electron chi connectivity index (χ0n) is 27.3. The van der Waals surface area contributed by atoms with Crippen LogP contribution in [0.2, 0.25) is 0 Å². The SMILES string of the molecule is COc1cc(C2/C(=C(\O)c3ccc(OCc4ccc(F)cc4)cc3)C(=O)C(=O)N2CCCN2CCOCC2)ccc1OCc1ccccc1. The van der Waals surface area contributed by atoms with Gasteiger partial charge < -0.3 is 29.0 Å². The molecule has 0 aromatic heterocycles. The van der Waals surface area contributed by atoms with E-state index in [1.54, 1.807) is 54.6 Å². The maximum Gasteiger partial charge on any atom is 0.295 e. The molecule has 1 N–H and O–H groups in total. The van der Waals surface area contributed by atoms with Crippen LogP contribution >= 0.6 is 0 Å². The van der Waals surface area contributed by atoms with Crippen molar-refractivity contribution in [3.8, 4) is 17.2 Å². The summed E-state index contributed by atoms with van der Waals surface area (Å²) in [5, 5.41) is 11.6. The van der Waals surface area contributed by atoms with Crippen LogP contribution in [-0.2, 0) is 27.5 Å². The summed E-state index contributed by atoms with van der Waals surface area (Å²) in [4.78, 5) is 31.1. The molecule has 0 radical (unpaired) electrons. The monoisotopic (exact) mass is 666 g/mol. The summed E-state index contributed by atoms with van der Waals surface area (Å²) in [5.74, 6) is -0.559. The summed E-state index contributed by atoms with van der Waals surface area (Å²) in [5.41, 5.74) is 2.76. The average Bonchev–Trinajstić information content (AvgIpc) is 3.39. The second-order valence-electron chi connectivity index (χ2n) is 11.9. The number of likely N-dealkylation sites (tertiary alicyclic amines) is 1. The molecular formula is C39H39FN2O7. The van der Waals surface area contributed by atoms with Crippen LogP contribution in [0, 0.1) is 5.82 Å². The summed E-state index contributed by atoms with van der Waals surface area (Å²) < 4.78 is 36.3. The number of carbonyl (C=O) groups is 2. The number of amides is 1. The fraction of sp³-hybridized carbons (Fsp3) is 0.282. The first-order valence-corrected chi connectivity index (χ1v) is 16.3. The number of morpholine rings is 1. The van der Waals surface area contributed by atoms with Crippen molar-refractivity contribution in [3.63, 3.8) is 0 Å². The molecule has 4 aromatic rings. The van der Waals surface area contributed by atoms with Gasteiger partial charge in [0.2, 0.25) is 0 Å². The topological polar surface area (TPSA) is 97.8 Å². The number of ether oxygens (including phenoxy) is 4. The molecule has 49 heavy (non-hydrogen) atoms. The second kappa shape index (κ2) is 15.8. The first kappa shape index (κ1) is 33.7. The Morgan fingerprint density at radius 1 is 0.837 bits per heavy atom. The van der Waals surface area contributed by atoms with Crippen LogP contribution in [0.3, 0.4) is 0 Å². The third-order valence-corrected chi connectivity index (χ3v) is 8.70. The number of halogens is 1. The molecule has 0 spiro atoms. The summed E-state index contributed by atoms with van der Waals surface area (Å²) in [7, 11) is 1.54. The lowest BCUT2D eigenvalue weighted by molar-refractivity contribution is -0.140. The number of methoxy groups -OCH3 is 1. The van der Waals surface area contributed by atoms with Crippen molar-refractivity contribution in [2.75, 3.05) is 46.5 Å². The summed E-state index contributed by atoms with van der Waals surface area (Å²) >= 11 is 0. The van der Waals surface area contributed by atoms with Gasteiger partial charge in [-0.15, -0.1) is 0 Å². The normalized spacial score (nSPS) is 17.7. The van der Waals surface area contributed by atoms with Crippen molar-refractivity contribution in [1.29, 1.82) is 0 Å². The van der Waals surface area contributed by atoms with Gasteiger partial charge in [0, 0.05) is 31.7 Å². The van der Waals surface area contributed by atoms with E-state index in [9.17, 15) is 19.1 Å². The van der Waals surface area contributed by atoms with Gasteiger partial charge in [0.25, 0.3) is 11.7 Å². The van der Waals surface area contributed by atoms with Gasteiger partial charge in [0.15, 0.2) is 11.5 Å². The van der Waals surface area contributed by atoms with E-state index in [0.717, 1.165) is 30.8 Å². The number of aliphatic hydroxyl groups is 1. The fourth-order valence-corrected chi connectivity index (χ4v) is 6.07. The summed E-state index contributed by atoms with van der Waals surface area (Å²) in [6.07, 6.45) is 0.638. The quantitative estimate of drug-likeness (QED) is 0.103. The second-order valence-corrected chi connectivity index (χ2v) is 11.9. The van der Waals surface area contributed by atoms with Crippen LogP contribution in [0.15, 0.2) is 103 Å². The van der Waals surface area contributed by atoms with Crippen molar-refractivity contribution in [3.05, 3.63) is 131 Å². The van der Waals surface area contributed by atoms with E-state index in [1.807, 2.05) is 30.3 Å². The Bertz CT molecular complexity index is 1770. The molecule has 2 aliphatic rings. The van der Waals surface area contributed by atoms with Crippen LogP contribution in [0.25, 0.3) is 5.76 Å². The molecule has 1 atom stereocenters. The van der Waals surface area contributed by atoms with Gasteiger partial charge in [0.05, 0.1) is 31.9 Å². The predicted octanol–water partition coefficient (Wildman–Crippen LogP) is 6.14. The van der Waals surface area contributed by atoms with Gasteiger partial charge >= 0.3 is 0 Å². The van der Waals surface area contributed by atoms with Crippen LogP contribution in [0.1, 0.15) is 34.7 Å². The molecule has 254 valence electrons. The van der Waals surface area contributed by atoms with Crippen LogP contribution < -0.4 is 14.2 Å². The minimum atomic E-state index is -0.851. The van der Waals surface area contributed by atoms with E-state index in [2.05, 4.69) is 4.90 Å². The number of nitrogens with zero attached hydrogens (tertiary/aromatic N) is 2. The molecule has 9 nitrogen and oxygen atoms in total. The van der Waals surface area contributed by atoms with Crippen LogP contribution in [-0.4, -0.2) is 73.1 Å². The Hall–Kier alpha value is -5.19. The molecule has 1 unspecified atom stereocenters. The van der Waals surface area contributed by atoms with Crippen molar-refractivity contribution in [2.45, 2.75) is 25.7 Å². The first-order chi connectivity index (χ1) is 23.9. The van der Waals surface area contributed by atoms with Crippen LogP contribution in [0.4, 0.5) is 4.39 Å². The highest BCUT2D eigenvalue weighted by Gasteiger charge is 2.46. The zero-order valence-corrected chi connectivity index (χ0v) is 27.3. The maximum atomic E-state index is 13.7. The number of benzene rings is 4. The Morgan fingerprint density at radius 3 is 2.24 bits per heavy atom. The Balaban J connectivity index is 1.27. The molecule has 0 bridgehead atoms. The number of carbonyl (C=O) groups excluding carboxylic acids is 2. The van der Waals surface area contributed by atoms with Crippen molar-refractivity contribution in [2.24, 2.45) is 0 Å². The van der Waals surface area contributed by atoms with Crippen molar-refractivity contribution in [1.82, 2.24) is 9.80 Å². The lowest BCUT2D eigenvalue weighted by Crippen LogP contribution is -2.39. The highest BCUT2D eigenvalue weighted by molar-refractivity contribution is 6.46. The van der Waals surface area contributed by atoms with Gasteiger partial charge in [0.1, 0.15) is 30.5 Å². The van der Waals surface area contributed by atoms with E-state index in [-0.39, 0.29) is 23.8 Å². The van der Waals surface area contributed by atoms with E-state index < -0.39 is 17.7 Å². The molecule has 0 aliphatic carbocycles. The molecule has 1 amide bonds. The zero-order chi connectivity index (χ0) is 34.2. The van der Waals surface area contributed by atoms with Crippen LogP contribution in [0.5, 0.6) is 17.2 Å². The molecule has 2 aliphatic heterocycles. The molecule has 2 heterocycles. The predicted molar refractivity (Wildman–Crippen MR) is 182 cm³/mol. The lowest BCUT2D eigenvalue weighted by Gasteiger charge is -2.29. The molecule has 6 rings (SSSR count).